The quantitative estimate of drug-likeness (QED) is 0.798. The number of rotatable bonds is 3. The van der Waals surface area contributed by atoms with Gasteiger partial charge in [-0.2, -0.15) is 0 Å². The minimum Gasteiger partial charge on any atom is -0.471 e. The smallest absolute Gasteiger partial charge is 0.215 e. The van der Waals surface area contributed by atoms with E-state index >= 15 is 0 Å². The zero-order valence-corrected chi connectivity index (χ0v) is 8.69. The molecular formula is C11H9ClN2O. The van der Waals surface area contributed by atoms with Crippen LogP contribution in [0.4, 0.5) is 0 Å². The van der Waals surface area contributed by atoms with Crippen molar-refractivity contribution in [3.05, 3.63) is 53.4 Å². The molecule has 0 saturated heterocycles. The number of hydrogen-bond donors (Lipinski definition) is 0. The van der Waals surface area contributed by atoms with E-state index in [1.165, 1.54) is 0 Å². The fourth-order valence-electron chi connectivity index (χ4n) is 1.10. The van der Waals surface area contributed by atoms with Crippen molar-refractivity contribution in [2.75, 3.05) is 0 Å². The van der Waals surface area contributed by atoms with E-state index in [9.17, 15) is 0 Å². The van der Waals surface area contributed by atoms with Gasteiger partial charge in [0.25, 0.3) is 0 Å². The molecule has 0 saturated carbocycles. The summed E-state index contributed by atoms with van der Waals surface area (Å²) in [5, 5.41) is 0.612. The second kappa shape index (κ2) is 4.75. The Morgan fingerprint density at radius 1 is 1.13 bits per heavy atom. The topological polar surface area (TPSA) is 35.0 Å². The summed E-state index contributed by atoms with van der Waals surface area (Å²) in [7, 11) is 0. The molecule has 0 fully saturated rings. The number of hydrogen-bond acceptors (Lipinski definition) is 3. The van der Waals surface area contributed by atoms with Gasteiger partial charge in [0.1, 0.15) is 6.61 Å². The van der Waals surface area contributed by atoms with Crippen LogP contribution in [-0.2, 0) is 6.61 Å². The number of ether oxygens (including phenoxy) is 1. The van der Waals surface area contributed by atoms with E-state index in [2.05, 4.69) is 9.97 Å². The van der Waals surface area contributed by atoms with Gasteiger partial charge in [-0.15, -0.1) is 0 Å². The van der Waals surface area contributed by atoms with E-state index in [0.29, 0.717) is 17.5 Å². The number of nitrogens with zero attached hydrogens (tertiary/aromatic N) is 2. The lowest BCUT2D eigenvalue weighted by Gasteiger charge is -2.03. The highest BCUT2D eigenvalue weighted by Crippen LogP contribution is 2.14. The molecule has 0 radical (unpaired) electrons. The third-order valence-corrected chi connectivity index (χ3v) is 2.03. The summed E-state index contributed by atoms with van der Waals surface area (Å²) in [6.45, 7) is 0.397. The van der Waals surface area contributed by atoms with Gasteiger partial charge in [0.15, 0.2) is 0 Å². The molecule has 0 aliphatic heterocycles. The fraction of sp³-hybridized carbons (Fsp3) is 0.0909. The predicted molar refractivity (Wildman–Crippen MR) is 57.8 cm³/mol. The van der Waals surface area contributed by atoms with Crippen LogP contribution in [-0.4, -0.2) is 9.97 Å². The van der Waals surface area contributed by atoms with E-state index in [0.717, 1.165) is 5.69 Å². The lowest BCUT2D eigenvalue weighted by Crippen LogP contribution is -1.98. The van der Waals surface area contributed by atoms with Gasteiger partial charge in [-0.05, 0) is 18.2 Å². The van der Waals surface area contributed by atoms with Gasteiger partial charge >= 0.3 is 0 Å². The van der Waals surface area contributed by atoms with Crippen molar-refractivity contribution in [3.63, 3.8) is 0 Å². The molecule has 3 nitrogen and oxygen atoms in total. The number of halogens is 1. The minimum atomic E-state index is 0.397. The van der Waals surface area contributed by atoms with Crippen LogP contribution in [0.25, 0.3) is 0 Å². The standard InChI is InChI=1S/C11H9ClN2O/c12-9-4-6-14-11(7-9)15-8-10-3-1-2-5-13-10/h1-7H,8H2. The third-order valence-electron chi connectivity index (χ3n) is 1.79. The Balaban J connectivity index is 1.99. The summed E-state index contributed by atoms with van der Waals surface area (Å²) in [5.41, 5.74) is 0.860. The van der Waals surface area contributed by atoms with Crippen molar-refractivity contribution in [3.8, 4) is 5.88 Å². The molecule has 76 valence electrons. The first-order valence-electron chi connectivity index (χ1n) is 4.49. The summed E-state index contributed by atoms with van der Waals surface area (Å²) in [6.07, 6.45) is 3.33. The molecule has 15 heavy (non-hydrogen) atoms. The summed E-state index contributed by atoms with van der Waals surface area (Å²) >= 11 is 5.79. The highest BCUT2D eigenvalue weighted by molar-refractivity contribution is 6.30. The first-order chi connectivity index (χ1) is 7.34. The zero-order chi connectivity index (χ0) is 10.5. The first-order valence-corrected chi connectivity index (χ1v) is 4.86. The maximum absolute atomic E-state index is 5.79. The van der Waals surface area contributed by atoms with Crippen LogP contribution < -0.4 is 4.74 Å². The lowest BCUT2D eigenvalue weighted by atomic mass is 10.4. The highest BCUT2D eigenvalue weighted by Gasteiger charge is 1.97. The molecule has 0 spiro atoms. The second-order valence-corrected chi connectivity index (χ2v) is 3.36. The van der Waals surface area contributed by atoms with Crippen LogP contribution in [0.15, 0.2) is 42.7 Å². The minimum absolute atomic E-state index is 0.397. The van der Waals surface area contributed by atoms with Crippen molar-refractivity contribution in [1.29, 1.82) is 0 Å². The molecule has 0 atom stereocenters. The normalized spacial score (nSPS) is 9.93. The van der Waals surface area contributed by atoms with Crippen molar-refractivity contribution in [2.45, 2.75) is 6.61 Å². The summed E-state index contributed by atoms with van der Waals surface area (Å²) in [4.78, 5) is 8.15. The molecule has 0 amide bonds. The van der Waals surface area contributed by atoms with Crippen LogP contribution in [0.3, 0.4) is 0 Å². The van der Waals surface area contributed by atoms with Gasteiger partial charge in [0, 0.05) is 23.5 Å². The molecule has 0 aliphatic carbocycles. The van der Waals surface area contributed by atoms with Gasteiger partial charge in [0.05, 0.1) is 5.69 Å². The number of pyridine rings is 2. The van der Waals surface area contributed by atoms with Crippen LogP contribution >= 0.6 is 11.6 Å². The van der Waals surface area contributed by atoms with E-state index in [1.54, 1.807) is 24.5 Å². The monoisotopic (exact) mass is 220 g/mol. The van der Waals surface area contributed by atoms with Crippen molar-refractivity contribution in [2.24, 2.45) is 0 Å². The first kappa shape index (κ1) is 9.93. The van der Waals surface area contributed by atoms with Crippen molar-refractivity contribution in [1.82, 2.24) is 9.97 Å². The van der Waals surface area contributed by atoms with Gasteiger partial charge in [0.2, 0.25) is 5.88 Å². The molecule has 2 aromatic heterocycles. The molecular weight excluding hydrogens is 212 g/mol. The Hall–Kier alpha value is -1.61. The van der Waals surface area contributed by atoms with E-state index < -0.39 is 0 Å². The van der Waals surface area contributed by atoms with Gasteiger partial charge < -0.3 is 4.74 Å². The van der Waals surface area contributed by atoms with Crippen LogP contribution in [0.1, 0.15) is 5.69 Å². The fourth-order valence-corrected chi connectivity index (χ4v) is 1.25. The molecule has 0 unspecified atom stereocenters. The SMILES string of the molecule is Clc1ccnc(OCc2ccccn2)c1. The zero-order valence-electron chi connectivity index (χ0n) is 7.93. The molecule has 2 aromatic rings. The largest absolute Gasteiger partial charge is 0.471 e. The van der Waals surface area contributed by atoms with E-state index in [1.807, 2.05) is 18.2 Å². The van der Waals surface area contributed by atoms with E-state index in [4.69, 9.17) is 16.3 Å². The Labute approximate surface area is 92.7 Å². The molecule has 0 N–H and O–H groups in total. The van der Waals surface area contributed by atoms with Crippen molar-refractivity contribution >= 4 is 11.6 Å². The molecule has 0 aromatic carbocycles. The van der Waals surface area contributed by atoms with Crippen LogP contribution in [0, 0.1) is 0 Å². The summed E-state index contributed by atoms with van der Waals surface area (Å²) in [5.74, 6) is 0.508. The van der Waals surface area contributed by atoms with Crippen molar-refractivity contribution < 1.29 is 4.74 Å². The lowest BCUT2D eigenvalue weighted by molar-refractivity contribution is 0.289. The average molecular weight is 221 g/mol. The van der Waals surface area contributed by atoms with E-state index in [-0.39, 0.29) is 0 Å². The average Bonchev–Trinajstić information content (AvgIpc) is 2.28. The summed E-state index contributed by atoms with van der Waals surface area (Å²) in [6, 6.07) is 9.04. The molecule has 4 heteroatoms. The molecule has 2 rings (SSSR count). The Morgan fingerprint density at radius 2 is 2.07 bits per heavy atom. The van der Waals surface area contributed by atoms with Gasteiger partial charge in [-0.25, -0.2) is 4.98 Å². The van der Waals surface area contributed by atoms with Gasteiger partial charge in [-0.1, -0.05) is 17.7 Å². The highest BCUT2D eigenvalue weighted by atomic mass is 35.5. The maximum Gasteiger partial charge on any atom is 0.215 e. The predicted octanol–water partition coefficient (Wildman–Crippen LogP) is 2.71. The Bertz CT molecular complexity index is 434. The summed E-state index contributed by atoms with van der Waals surface area (Å²) < 4.78 is 5.41. The Morgan fingerprint density at radius 3 is 2.80 bits per heavy atom. The van der Waals surface area contributed by atoms with Crippen LogP contribution in [0.2, 0.25) is 5.02 Å². The Kier molecular flexibility index (Phi) is 3.15. The molecule has 2 heterocycles. The maximum atomic E-state index is 5.79. The van der Waals surface area contributed by atoms with Crippen LogP contribution in [0.5, 0.6) is 5.88 Å². The third kappa shape index (κ3) is 2.92. The van der Waals surface area contributed by atoms with Gasteiger partial charge in [-0.3, -0.25) is 4.98 Å². The molecule has 0 bridgehead atoms. The molecule has 0 aliphatic rings. The number of aromatic nitrogens is 2. The second-order valence-electron chi connectivity index (χ2n) is 2.92.